The molecule has 0 radical (unpaired) electrons. The van der Waals surface area contributed by atoms with Crippen molar-refractivity contribution in [2.45, 2.75) is 24.6 Å². The Kier molecular flexibility index (Phi) is 5.44. The fraction of sp³-hybridized carbons (Fsp3) is 0.556. The molecule has 2 saturated heterocycles. The summed E-state index contributed by atoms with van der Waals surface area (Å²) in [5.41, 5.74) is 1.90. The van der Waals surface area contributed by atoms with Crippen LogP contribution in [0.1, 0.15) is 29.6 Å². The third kappa shape index (κ3) is 3.58. The summed E-state index contributed by atoms with van der Waals surface area (Å²) in [4.78, 5) is 4.77. The van der Waals surface area contributed by atoms with Gasteiger partial charge in [-0.2, -0.15) is 10.5 Å². The summed E-state index contributed by atoms with van der Waals surface area (Å²) in [6, 6.07) is 11.8. The summed E-state index contributed by atoms with van der Waals surface area (Å²) in [6.45, 7) is 5.45. The molecular weight excluding hydrogens is 302 g/mol. The van der Waals surface area contributed by atoms with Crippen molar-refractivity contribution in [3.05, 3.63) is 35.4 Å². The van der Waals surface area contributed by atoms with E-state index < -0.39 is 5.92 Å². The van der Waals surface area contributed by atoms with E-state index in [1.807, 2.05) is 36.4 Å². The van der Waals surface area contributed by atoms with Crippen LogP contribution in [0, 0.1) is 22.7 Å². The van der Waals surface area contributed by atoms with E-state index >= 15 is 0 Å². The minimum absolute atomic E-state index is 0.140. The number of likely N-dealkylation sites (tertiary alicyclic amines) is 1. The summed E-state index contributed by atoms with van der Waals surface area (Å²) < 4.78 is 0. The quantitative estimate of drug-likeness (QED) is 0.851. The molecule has 0 aromatic heterocycles. The Bertz CT molecular complexity index is 608. The zero-order chi connectivity index (χ0) is 16.9. The van der Waals surface area contributed by atoms with Crippen LogP contribution in [0.3, 0.4) is 0 Å². The third-order valence-corrected chi connectivity index (χ3v) is 4.86. The van der Waals surface area contributed by atoms with Gasteiger partial charge in [0, 0.05) is 39.3 Å². The van der Waals surface area contributed by atoms with Crippen molar-refractivity contribution in [2.24, 2.45) is 0 Å². The maximum atomic E-state index is 9.93. The van der Waals surface area contributed by atoms with Gasteiger partial charge in [-0.05, 0) is 17.5 Å². The molecule has 1 aromatic carbocycles. The Hall–Kier alpha value is -1.96. The second-order valence-electron chi connectivity index (χ2n) is 6.45. The molecule has 2 N–H and O–H groups in total. The molecule has 0 amide bonds. The van der Waals surface area contributed by atoms with Gasteiger partial charge < -0.3 is 10.4 Å². The Morgan fingerprint density at radius 2 is 1.62 bits per heavy atom. The molecule has 24 heavy (non-hydrogen) atoms. The van der Waals surface area contributed by atoms with Gasteiger partial charge in [-0.3, -0.25) is 9.80 Å². The average Bonchev–Trinajstić information content (AvgIpc) is 3.04. The number of benzene rings is 1. The highest BCUT2D eigenvalue weighted by Gasteiger charge is 2.32. The Morgan fingerprint density at radius 3 is 2.17 bits per heavy atom. The van der Waals surface area contributed by atoms with Crippen LogP contribution in [0.15, 0.2) is 24.3 Å². The predicted molar refractivity (Wildman–Crippen MR) is 89.8 cm³/mol. The number of nitrogens with one attached hydrogen (secondary N) is 1. The zero-order valence-corrected chi connectivity index (χ0v) is 13.7. The second kappa shape index (κ2) is 7.74. The summed E-state index contributed by atoms with van der Waals surface area (Å²) in [7, 11) is 0. The van der Waals surface area contributed by atoms with E-state index in [9.17, 15) is 5.11 Å². The zero-order valence-electron chi connectivity index (χ0n) is 13.7. The van der Waals surface area contributed by atoms with Crippen LogP contribution in [-0.4, -0.2) is 60.3 Å². The molecule has 0 bridgehead atoms. The van der Waals surface area contributed by atoms with Crippen molar-refractivity contribution in [1.82, 2.24) is 15.1 Å². The van der Waals surface area contributed by atoms with Crippen molar-refractivity contribution >= 4 is 0 Å². The van der Waals surface area contributed by atoms with Crippen molar-refractivity contribution in [1.29, 1.82) is 10.5 Å². The van der Waals surface area contributed by atoms with Crippen LogP contribution in [0.5, 0.6) is 0 Å². The van der Waals surface area contributed by atoms with Gasteiger partial charge in [0.1, 0.15) is 0 Å². The molecule has 0 saturated carbocycles. The van der Waals surface area contributed by atoms with Gasteiger partial charge in [-0.1, -0.05) is 24.3 Å². The average molecular weight is 325 g/mol. The van der Waals surface area contributed by atoms with E-state index in [-0.39, 0.29) is 12.3 Å². The molecule has 0 aliphatic carbocycles. The van der Waals surface area contributed by atoms with Gasteiger partial charge in [0.05, 0.1) is 24.4 Å². The lowest BCUT2D eigenvalue weighted by molar-refractivity contribution is 0.0389. The number of nitriles is 2. The Balaban J connectivity index is 1.85. The largest absolute Gasteiger partial charge is 0.392 e. The first-order valence-corrected chi connectivity index (χ1v) is 8.49. The molecule has 6 heteroatoms. The van der Waals surface area contributed by atoms with E-state index in [1.54, 1.807) is 0 Å². The lowest BCUT2D eigenvalue weighted by Crippen LogP contribution is -2.49. The highest BCUT2D eigenvalue weighted by Crippen LogP contribution is 2.30. The number of β-amino-alcohol motifs (C(OH)–C–C–N with tert-alkyl or cyclic N) is 1. The molecule has 2 aliphatic rings. The molecule has 1 unspecified atom stereocenters. The Morgan fingerprint density at radius 1 is 1.00 bits per heavy atom. The van der Waals surface area contributed by atoms with Gasteiger partial charge in [0.2, 0.25) is 0 Å². The molecule has 2 fully saturated rings. The van der Waals surface area contributed by atoms with Crippen LogP contribution in [0.25, 0.3) is 0 Å². The number of aliphatic hydroxyl groups is 1. The molecule has 0 spiro atoms. The van der Waals surface area contributed by atoms with E-state index in [1.165, 1.54) is 0 Å². The molecule has 1 aromatic rings. The number of aliphatic hydroxyl groups excluding tert-OH is 1. The minimum Gasteiger partial charge on any atom is -0.392 e. The molecular formula is C18H23N5O. The molecule has 2 atom stereocenters. The van der Waals surface area contributed by atoms with Crippen LogP contribution in [-0.2, 0) is 0 Å². The Labute approximate surface area is 142 Å². The predicted octanol–water partition coefficient (Wildman–Crippen LogP) is 0.788. The van der Waals surface area contributed by atoms with Crippen molar-refractivity contribution < 1.29 is 5.11 Å². The van der Waals surface area contributed by atoms with Crippen LogP contribution in [0.4, 0.5) is 0 Å². The molecule has 3 rings (SSSR count). The number of piperazine rings is 1. The smallest absolute Gasteiger partial charge is 0.158 e. The lowest BCUT2D eigenvalue weighted by Gasteiger charge is -2.40. The maximum Gasteiger partial charge on any atom is 0.158 e. The normalized spacial score (nSPS) is 23.8. The van der Waals surface area contributed by atoms with Crippen LogP contribution in [0.2, 0.25) is 0 Å². The number of hydrogen-bond acceptors (Lipinski definition) is 6. The van der Waals surface area contributed by atoms with Gasteiger partial charge in [-0.25, -0.2) is 0 Å². The van der Waals surface area contributed by atoms with E-state index in [2.05, 4.69) is 15.1 Å². The minimum atomic E-state index is -0.717. The van der Waals surface area contributed by atoms with Gasteiger partial charge in [0.25, 0.3) is 0 Å². The third-order valence-electron chi connectivity index (χ3n) is 4.86. The van der Waals surface area contributed by atoms with Crippen molar-refractivity contribution in [3.63, 3.8) is 0 Å². The second-order valence-corrected chi connectivity index (χ2v) is 6.45. The first-order chi connectivity index (χ1) is 11.7. The van der Waals surface area contributed by atoms with Crippen molar-refractivity contribution in [2.75, 3.05) is 39.3 Å². The number of hydrogen-bond donors (Lipinski definition) is 2. The summed E-state index contributed by atoms with van der Waals surface area (Å²) in [6.07, 6.45) is 0.697. The fourth-order valence-electron chi connectivity index (χ4n) is 3.61. The standard InChI is InChI=1S/C18H23N5O/c19-11-16(12-20)14-1-3-15(4-2-14)18(22-9-6-21-7-10-22)23-8-5-17(24)13-23/h1-4,16-18,21,24H,5-10,13H2/t17-,18?/m1/s1. The van der Waals surface area contributed by atoms with Crippen molar-refractivity contribution in [3.8, 4) is 12.1 Å². The summed E-state index contributed by atoms with van der Waals surface area (Å²) >= 11 is 0. The van der Waals surface area contributed by atoms with Gasteiger partial charge >= 0.3 is 0 Å². The first kappa shape index (κ1) is 16.9. The van der Waals surface area contributed by atoms with Gasteiger partial charge in [-0.15, -0.1) is 0 Å². The number of rotatable bonds is 4. The van der Waals surface area contributed by atoms with Gasteiger partial charge in [0.15, 0.2) is 5.92 Å². The molecule has 6 nitrogen and oxygen atoms in total. The monoisotopic (exact) mass is 325 g/mol. The van der Waals surface area contributed by atoms with E-state index in [4.69, 9.17) is 10.5 Å². The highest BCUT2D eigenvalue weighted by molar-refractivity contribution is 5.34. The molecule has 126 valence electrons. The number of nitrogens with zero attached hydrogens (tertiary/aromatic N) is 4. The first-order valence-electron chi connectivity index (χ1n) is 8.49. The molecule has 2 heterocycles. The topological polar surface area (TPSA) is 86.3 Å². The summed E-state index contributed by atoms with van der Waals surface area (Å²) in [5.74, 6) is -0.717. The highest BCUT2D eigenvalue weighted by atomic mass is 16.3. The maximum absolute atomic E-state index is 9.93. The lowest BCUT2D eigenvalue weighted by atomic mass is 9.99. The summed E-state index contributed by atoms with van der Waals surface area (Å²) in [5, 5.41) is 31.4. The molecule has 2 aliphatic heterocycles. The van der Waals surface area contributed by atoms with E-state index in [0.717, 1.165) is 50.3 Å². The van der Waals surface area contributed by atoms with Crippen LogP contribution >= 0.6 is 0 Å². The van der Waals surface area contributed by atoms with Crippen LogP contribution < -0.4 is 5.32 Å². The van der Waals surface area contributed by atoms with E-state index in [0.29, 0.717) is 6.54 Å². The SMILES string of the molecule is N#CC(C#N)c1ccc(C(N2CCNCC2)N2CC[C@@H](O)C2)cc1. The fourth-order valence-corrected chi connectivity index (χ4v) is 3.61.